The highest BCUT2D eigenvalue weighted by Crippen LogP contribution is 2.43. The van der Waals surface area contributed by atoms with E-state index < -0.39 is 28.6 Å². The molecule has 1 atom stereocenters. The molecule has 2 fully saturated rings. The SMILES string of the molecule is Cc1ccc(S(=O)(=O)N2CCC[C@H]2C(=O)OCC(=O)NCC2(c3ccccc3)CCC2)cc1. The van der Waals surface area contributed by atoms with Crippen LogP contribution in [0.3, 0.4) is 0 Å². The standard InChI is InChI=1S/C25H30N2O5S/c1-19-10-12-21(13-11-19)33(30,31)27-16-5-9-22(27)24(29)32-17-23(28)26-18-25(14-6-15-25)20-7-3-2-4-8-20/h2-4,7-8,10-13,22H,5-6,9,14-18H2,1H3,(H,26,28)/t22-/m0/s1. The van der Waals surface area contributed by atoms with Crippen LogP contribution in [0, 0.1) is 6.92 Å². The van der Waals surface area contributed by atoms with Crippen LogP contribution < -0.4 is 5.32 Å². The van der Waals surface area contributed by atoms with E-state index in [1.807, 2.05) is 25.1 Å². The Balaban J connectivity index is 1.32. The van der Waals surface area contributed by atoms with Gasteiger partial charge in [0, 0.05) is 18.5 Å². The number of sulfonamides is 1. The second-order valence-corrected chi connectivity index (χ2v) is 10.9. The Morgan fingerprint density at radius 3 is 2.39 bits per heavy atom. The summed E-state index contributed by atoms with van der Waals surface area (Å²) >= 11 is 0. The van der Waals surface area contributed by atoms with E-state index in [1.165, 1.54) is 9.87 Å². The molecule has 0 radical (unpaired) electrons. The minimum absolute atomic E-state index is 0.0642. The molecule has 8 heteroatoms. The summed E-state index contributed by atoms with van der Waals surface area (Å²) < 4.78 is 32.5. The summed E-state index contributed by atoms with van der Waals surface area (Å²) in [5.74, 6) is -1.06. The topological polar surface area (TPSA) is 92.8 Å². The maximum Gasteiger partial charge on any atom is 0.324 e. The minimum Gasteiger partial charge on any atom is -0.454 e. The van der Waals surface area contributed by atoms with Crippen molar-refractivity contribution in [2.24, 2.45) is 0 Å². The van der Waals surface area contributed by atoms with Crippen molar-refractivity contribution in [3.8, 4) is 0 Å². The molecule has 1 saturated carbocycles. The number of carbonyl (C=O) groups excluding carboxylic acids is 2. The van der Waals surface area contributed by atoms with E-state index in [9.17, 15) is 18.0 Å². The fourth-order valence-corrected chi connectivity index (χ4v) is 6.27. The van der Waals surface area contributed by atoms with Gasteiger partial charge in [-0.2, -0.15) is 4.31 Å². The van der Waals surface area contributed by atoms with Gasteiger partial charge in [0.1, 0.15) is 6.04 Å². The van der Waals surface area contributed by atoms with Gasteiger partial charge in [0.15, 0.2) is 6.61 Å². The van der Waals surface area contributed by atoms with Gasteiger partial charge in [0.2, 0.25) is 10.0 Å². The van der Waals surface area contributed by atoms with Gasteiger partial charge in [-0.15, -0.1) is 0 Å². The Labute approximate surface area is 195 Å². The summed E-state index contributed by atoms with van der Waals surface area (Å²) in [5.41, 5.74) is 2.09. The molecule has 4 rings (SSSR count). The quantitative estimate of drug-likeness (QED) is 0.599. The highest BCUT2D eigenvalue weighted by atomic mass is 32.2. The average molecular weight is 471 g/mol. The lowest BCUT2D eigenvalue weighted by Gasteiger charge is -2.42. The first kappa shape index (κ1) is 23.4. The summed E-state index contributed by atoms with van der Waals surface area (Å²) in [6.07, 6.45) is 4.07. The number of aryl methyl sites for hydroxylation is 1. The third kappa shape index (κ3) is 4.96. The second-order valence-electron chi connectivity index (χ2n) is 8.97. The van der Waals surface area contributed by atoms with Crippen molar-refractivity contribution in [3.05, 3.63) is 65.7 Å². The number of ether oxygens (including phenoxy) is 1. The largest absolute Gasteiger partial charge is 0.454 e. The summed E-state index contributed by atoms with van der Waals surface area (Å²) in [6.45, 7) is 2.20. The molecule has 1 aliphatic heterocycles. The first-order valence-electron chi connectivity index (χ1n) is 11.4. The molecule has 1 aliphatic carbocycles. The minimum atomic E-state index is -3.81. The summed E-state index contributed by atoms with van der Waals surface area (Å²) in [6, 6.07) is 15.8. The van der Waals surface area contributed by atoms with Gasteiger partial charge in [-0.3, -0.25) is 9.59 Å². The van der Waals surface area contributed by atoms with Gasteiger partial charge in [0.05, 0.1) is 4.90 Å². The van der Waals surface area contributed by atoms with Crippen molar-refractivity contribution in [3.63, 3.8) is 0 Å². The third-order valence-corrected chi connectivity index (χ3v) is 8.69. The van der Waals surface area contributed by atoms with Crippen LogP contribution in [0.4, 0.5) is 0 Å². The Bertz CT molecular complexity index is 1100. The molecule has 0 spiro atoms. The molecule has 0 aromatic heterocycles. The summed E-state index contributed by atoms with van der Waals surface area (Å²) in [5, 5.41) is 2.89. The smallest absolute Gasteiger partial charge is 0.324 e. The number of carbonyl (C=O) groups is 2. The van der Waals surface area contributed by atoms with E-state index in [0.29, 0.717) is 19.4 Å². The molecule has 176 valence electrons. The van der Waals surface area contributed by atoms with Gasteiger partial charge in [-0.05, 0) is 50.3 Å². The van der Waals surface area contributed by atoms with Crippen LogP contribution in [0.25, 0.3) is 0 Å². The Morgan fingerprint density at radius 2 is 1.76 bits per heavy atom. The van der Waals surface area contributed by atoms with Crippen LogP contribution in [0.1, 0.15) is 43.2 Å². The molecule has 1 N–H and O–H groups in total. The Morgan fingerprint density at radius 1 is 1.06 bits per heavy atom. The fraction of sp³-hybridized carbons (Fsp3) is 0.440. The lowest BCUT2D eigenvalue weighted by atomic mass is 9.64. The monoisotopic (exact) mass is 470 g/mol. The van der Waals surface area contributed by atoms with E-state index in [0.717, 1.165) is 24.8 Å². The molecule has 7 nitrogen and oxygen atoms in total. The molecule has 1 saturated heterocycles. The zero-order chi connectivity index (χ0) is 23.5. The van der Waals surface area contributed by atoms with Gasteiger partial charge >= 0.3 is 5.97 Å². The first-order valence-corrected chi connectivity index (χ1v) is 12.8. The van der Waals surface area contributed by atoms with Gasteiger partial charge in [0.25, 0.3) is 5.91 Å². The molecule has 2 aliphatic rings. The predicted octanol–water partition coefficient (Wildman–Crippen LogP) is 2.93. The second kappa shape index (κ2) is 9.65. The van der Waals surface area contributed by atoms with E-state index >= 15 is 0 Å². The first-order chi connectivity index (χ1) is 15.8. The molecule has 2 aromatic rings. The number of hydrogen-bond acceptors (Lipinski definition) is 5. The van der Waals surface area contributed by atoms with Crippen LogP contribution in [-0.4, -0.2) is 50.3 Å². The molecular formula is C25H30N2O5S. The predicted molar refractivity (Wildman–Crippen MR) is 124 cm³/mol. The number of nitrogens with one attached hydrogen (secondary N) is 1. The van der Waals surface area contributed by atoms with Gasteiger partial charge in [-0.1, -0.05) is 54.4 Å². The number of rotatable bonds is 8. The Kier molecular flexibility index (Phi) is 6.86. The molecule has 0 bridgehead atoms. The van der Waals surface area contributed by atoms with E-state index in [-0.39, 0.29) is 22.8 Å². The van der Waals surface area contributed by atoms with Crippen molar-refractivity contribution in [1.82, 2.24) is 9.62 Å². The summed E-state index contributed by atoms with van der Waals surface area (Å²) in [7, 11) is -3.81. The lowest BCUT2D eigenvalue weighted by Crippen LogP contribution is -2.47. The number of amides is 1. The number of hydrogen-bond donors (Lipinski definition) is 1. The third-order valence-electron chi connectivity index (χ3n) is 6.77. The normalized spacial score (nSPS) is 20.1. The molecule has 2 aromatic carbocycles. The molecule has 1 amide bonds. The molecule has 0 unspecified atom stereocenters. The van der Waals surface area contributed by atoms with Crippen molar-refractivity contribution < 1.29 is 22.7 Å². The van der Waals surface area contributed by atoms with Crippen molar-refractivity contribution in [2.75, 3.05) is 19.7 Å². The van der Waals surface area contributed by atoms with Crippen LogP contribution in [0.15, 0.2) is 59.5 Å². The zero-order valence-corrected chi connectivity index (χ0v) is 19.6. The zero-order valence-electron chi connectivity index (χ0n) is 18.8. The van der Waals surface area contributed by atoms with Crippen molar-refractivity contribution in [2.45, 2.75) is 55.4 Å². The number of benzene rings is 2. The fourth-order valence-electron chi connectivity index (χ4n) is 4.62. The van der Waals surface area contributed by atoms with Crippen LogP contribution >= 0.6 is 0 Å². The number of nitrogens with zero attached hydrogens (tertiary/aromatic N) is 1. The molecule has 1 heterocycles. The number of esters is 1. The van der Waals surface area contributed by atoms with Crippen molar-refractivity contribution >= 4 is 21.9 Å². The highest BCUT2D eigenvalue weighted by Gasteiger charge is 2.41. The highest BCUT2D eigenvalue weighted by molar-refractivity contribution is 7.89. The van der Waals surface area contributed by atoms with Crippen LogP contribution in [0.5, 0.6) is 0 Å². The summed E-state index contributed by atoms with van der Waals surface area (Å²) in [4.78, 5) is 25.2. The molecule has 33 heavy (non-hydrogen) atoms. The Hall–Kier alpha value is -2.71. The van der Waals surface area contributed by atoms with Crippen LogP contribution in [0.2, 0.25) is 0 Å². The van der Waals surface area contributed by atoms with Crippen LogP contribution in [-0.2, 0) is 29.8 Å². The maximum atomic E-state index is 13.0. The average Bonchev–Trinajstić information content (AvgIpc) is 3.29. The lowest BCUT2D eigenvalue weighted by molar-refractivity contribution is -0.151. The van der Waals surface area contributed by atoms with Crippen molar-refractivity contribution in [1.29, 1.82) is 0 Å². The van der Waals surface area contributed by atoms with E-state index in [4.69, 9.17) is 4.74 Å². The van der Waals surface area contributed by atoms with Gasteiger partial charge < -0.3 is 10.1 Å². The van der Waals surface area contributed by atoms with E-state index in [2.05, 4.69) is 17.4 Å². The van der Waals surface area contributed by atoms with E-state index in [1.54, 1.807) is 24.3 Å². The van der Waals surface area contributed by atoms with Gasteiger partial charge in [-0.25, -0.2) is 8.42 Å². The maximum absolute atomic E-state index is 13.0. The molecular weight excluding hydrogens is 440 g/mol.